The minimum absolute atomic E-state index is 0.215. The highest BCUT2D eigenvalue weighted by Gasteiger charge is 2.24. The van der Waals surface area contributed by atoms with E-state index in [1.54, 1.807) is 18.2 Å². The summed E-state index contributed by atoms with van der Waals surface area (Å²) < 4.78 is 28.3. The van der Waals surface area contributed by atoms with Gasteiger partial charge in [0.15, 0.2) is 16.9 Å². The maximum Gasteiger partial charge on any atom is 0.203 e. The number of rotatable bonds is 7. The van der Waals surface area contributed by atoms with Crippen molar-refractivity contribution in [3.8, 4) is 34.3 Å². The van der Waals surface area contributed by atoms with Gasteiger partial charge in [0.05, 0.1) is 35.0 Å². The Morgan fingerprint density at radius 2 is 1.65 bits per heavy atom. The van der Waals surface area contributed by atoms with Gasteiger partial charge in [0.25, 0.3) is 0 Å². The van der Waals surface area contributed by atoms with Crippen LogP contribution in [0.4, 0.5) is 0 Å². The van der Waals surface area contributed by atoms with Crippen LogP contribution in [-0.2, 0) is 6.61 Å². The fourth-order valence-corrected chi connectivity index (χ4v) is 4.35. The molecule has 34 heavy (non-hydrogen) atoms. The smallest absolute Gasteiger partial charge is 0.203 e. The van der Waals surface area contributed by atoms with Crippen molar-refractivity contribution in [2.45, 2.75) is 13.0 Å². The molecule has 0 bridgehead atoms. The minimum atomic E-state index is -0.249. The fraction of sp³-hybridized carbons (Fsp3) is 0.346. The van der Waals surface area contributed by atoms with Crippen LogP contribution in [0.2, 0.25) is 0 Å². The van der Waals surface area contributed by atoms with Crippen LogP contribution in [0.1, 0.15) is 17.5 Å². The molecule has 0 radical (unpaired) electrons. The van der Waals surface area contributed by atoms with Crippen molar-refractivity contribution in [3.05, 3.63) is 51.7 Å². The molecule has 1 aromatic heterocycles. The molecule has 2 aromatic carbocycles. The first-order valence-corrected chi connectivity index (χ1v) is 10.9. The predicted molar refractivity (Wildman–Crippen MR) is 130 cm³/mol. The lowest BCUT2D eigenvalue weighted by Gasteiger charge is -2.24. The van der Waals surface area contributed by atoms with Gasteiger partial charge in [0, 0.05) is 30.3 Å². The van der Waals surface area contributed by atoms with Crippen LogP contribution in [0.15, 0.2) is 39.6 Å². The standard InChI is InChI=1S/C26H29NO7/c1-27-8-6-15(7-9-27)23-17(14-28)12-20(30-2)24-18(29)13-19(34-26(23)24)16-10-21(31-3)25(33-5)22(11-16)32-4/h6,10-13,28H,7-9,14H2,1-5H3. The number of benzene rings is 2. The van der Waals surface area contributed by atoms with E-state index in [2.05, 4.69) is 18.0 Å². The maximum absolute atomic E-state index is 13.4. The van der Waals surface area contributed by atoms with Gasteiger partial charge >= 0.3 is 0 Å². The number of ether oxygens (including phenoxy) is 4. The summed E-state index contributed by atoms with van der Waals surface area (Å²) in [6.45, 7) is 1.42. The van der Waals surface area contributed by atoms with Crippen molar-refractivity contribution >= 4 is 16.5 Å². The number of fused-ring (bicyclic) bond motifs is 1. The fourth-order valence-electron chi connectivity index (χ4n) is 4.35. The van der Waals surface area contributed by atoms with Crippen LogP contribution in [0, 0.1) is 0 Å². The van der Waals surface area contributed by atoms with Crippen LogP contribution in [-0.4, -0.2) is 58.6 Å². The average molecular weight is 468 g/mol. The molecule has 1 N–H and O–H groups in total. The Bertz CT molecular complexity index is 1280. The number of nitrogens with zero attached hydrogens (tertiary/aromatic N) is 1. The molecule has 1 aliphatic heterocycles. The number of aliphatic hydroxyl groups is 1. The molecule has 180 valence electrons. The maximum atomic E-state index is 13.4. The first-order chi connectivity index (χ1) is 16.4. The second-order valence-electron chi connectivity index (χ2n) is 8.11. The lowest BCUT2D eigenvalue weighted by atomic mass is 9.92. The summed E-state index contributed by atoms with van der Waals surface area (Å²) >= 11 is 0. The Balaban J connectivity index is 2.04. The molecule has 8 heteroatoms. The summed E-state index contributed by atoms with van der Waals surface area (Å²) in [6.07, 6.45) is 2.87. The van der Waals surface area contributed by atoms with Crippen LogP contribution in [0.25, 0.3) is 27.9 Å². The summed E-state index contributed by atoms with van der Waals surface area (Å²) in [5.41, 5.74) is 3.13. The molecule has 1 aliphatic rings. The minimum Gasteiger partial charge on any atom is -0.496 e. The largest absolute Gasteiger partial charge is 0.496 e. The van der Waals surface area contributed by atoms with E-state index in [4.69, 9.17) is 23.4 Å². The molecule has 2 heterocycles. The molecule has 0 saturated carbocycles. The van der Waals surface area contributed by atoms with Gasteiger partial charge in [-0.05, 0) is 42.8 Å². The number of likely N-dealkylation sites (N-methyl/N-ethyl adjacent to an activating group) is 1. The summed E-state index contributed by atoms with van der Waals surface area (Å²) in [5.74, 6) is 2.03. The quantitative estimate of drug-likeness (QED) is 0.563. The van der Waals surface area contributed by atoms with E-state index in [0.29, 0.717) is 50.9 Å². The molecule has 0 saturated heterocycles. The Kier molecular flexibility index (Phi) is 6.81. The second kappa shape index (κ2) is 9.79. The number of hydrogen-bond acceptors (Lipinski definition) is 8. The van der Waals surface area contributed by atoms with Crippen molar-refractivity contribution in [1.82, 2.24) is 4.90 Å². The molecule has 0 atom stereocenters. The van der Waals surface area contributed by atoms with E-state index < -0.39 is 0 Å². The SMILES string of the molecule is COc1cc(-c2cc(=O)c3c(OC)cc(CO)c(C4=CCN(C)CC4)c3o2)cc(OC)c1OC. The Morgan fingerprint density at radius 1 is 0.971 bits per heavy atom. The summed E-state index contributed by atoms with van der Waals surface area (Å²) in [7, 11) is 8.13. The molecule has 0 spiro atoms. The van der Waals surface area contributed by atoms with Gasteiger partial charge in [-0.3, -0.25) is 4.79 Å². The first-order valence-electron chi connectivity index (χ1n) is 10.9. The molecule has 0 amide bonds. The molecular weight excluding hydrogens is 438 g/mol. The van der Waals surface area contributed by atoms with Gasteiger partial charge in [-0.2, -0.15) is 0 Å². The normalized spacial score (nSPS) is 14.1. The van der Waals surface area contributed by atoms with Crippen molar-refractivity contribution in [2.75, 3.05) is 48.6 Å². The van der Waals surface area contributed by atoms with E-state index in [-0.39, 0.29) is 12.0 Å². The van der Waals surface area contributed by atoms with Gasteiger partial charge in [-0.15, -0.1) is 0 Å². The van der Waals surface area contributed by atoms with Gasteiger partial charge in [0.1, 0.15) is 22.5 Å². The topological polar surface area (TPSA) is 90.6 Å². The highest BCUT2D eigenvalue weighted by molar-refractivity contribution is 5.96. The Hall–Kier alpha value is -3.49. The first kappa shape index (κ1) is 23.7. The van der Waals surface area contributed by atoms with Crippen molar-refractivity contribution < 1.29 is 28.5 Å². The molecule has 8 nitrogen and oxygen atoms in total. The number of hydrogen-bond donors (Lipinski definition) is 1. The van der Waals surface area contributed by atoms with E-state index >= 15 is 0 Å². The predicted octanol–water partition coefficient (Wildman–Crippen LogP) is 3.71. The zero-order valence-corrected chi connectivity index (χ0v) is 20.1. The van der Waals surface area contributed by atoms with E-state index in [9.17, 15) is 9.90 Å². The monoisotopic (exact) mass is 467 g/mol. The zero-order valence-electron chi connectivity index (χ0n) is 20.1. The van der Waals surface area contributed by atoms with Gasteiger partial charge in [-0.1, -0.05) is 6.08 Å². The van der Waals surface area contributed by atoms with Gasteiger partial charge < -0.3 is 33.4 Å². The summed E-state index contributed by atoms with van der Waals surface area (Å²) in [5, 5.41) is 10.5. The van der Waals surface area contributed by atoms with Gasteiger partial charge in [-0.25, -0.2) is 0 Å². The highest BCUT2D eigenvalue weighted by Crippen LogP contribution is 2.43. The summed E-state index contributed by atoms with van der Waals surface area (Å²) in [4.78, 5) is 15.6. The molecule has 0 fully saturated rings. The molecule has 0 aliphatic carbocycles. The number of methoxy groups -OCH3 is 4. The molecular formula is C26H29NO7. The number of aliphatic hydroxyl groups excluding tert-OH is 1. The lowest BCUT2D eigenvalue weighted by molar-refractivity contribution is 0.280. The van der Waals surface area contributed by atoms with Crippen LogP contribution in [0.5, 0.6) is 23.0 Å². The Morgan fingerprint density at radius 3 is 2.18 bits per heavy atom. The van der Waals surface area contributed by atoms with Gasteiger partial charge in [0.2, 0.25) is 5.75 Å². The van der Waals surface area contributed by atoms with Crippen molar-refractivity contribution in [3.63, 3.8) is 0 Å². The summed E-state index contributed by atoms with van der Waals surface area (Å²) in [6, 6.07) is 6.60. The van der Waals surface area contributed by atoms with Crippen molar-refractivity contribution in [1.29, 1.82) is 0 Å². The lowest BCUT2D eigenvalue weighted by Crippen LogP contribution is -2.24. The van der Waals surface area contributed by atoms with Crippen molar-refractivity contribution in [2.24, 2.45) is 0 Å². The second-order valence-corrected chi connectivity index (χ2v) is 8.11. The van der Waals surface area contributed by atoms with Crippen LogP contribution in [0.3, 0.4) is 0 Å². The third kappa shape index (κ3) is 4.10. The van der Waals surface area contributed by atoms with E-state index in [1.165, 1.54) is 34.5 Å². The third-order valence-corrected chi connectivity index (χ3v) is 6.12. The van der Waals surface area contributed by atoms with E-state index in [1.807, 2.05) is 0 Å². The molecule has 3 aromatic rings. The van der Waals surface area contributed by atoms with Crippen LogP contribution >= 0.6 is 0 Å². The molecule has 4 rings (SSSR count). The average Bonchev–Trinajstić information content (AvgIpc) is 2.87. The zero-order chi connectivity index (χ0) is 24.4. The Labute approximate surface area is 197 Å². The highest BCUT2D eigenvalue weighted by atomic mass is 16.5. The third-order valence-electron chi connectivity index (χ3n) is 6.12. The van der Waals surface area contributed by atoms with Crippen LogP contribution < -0.4 is 24.4 Å². The molecule has 0 unspecified atom stereocenters. The van der Waals surface area contributed by atoms with E-state index in [0.717, 1.165) is 30.6 Å².